The summed E-state index contributed by atoms with van der Waals surface area (Å²) < 4.78 is 1.70. The van der Waals surface area contributed by atoms with Crippen molar-refractivity contribution in [1.82, 2.24) is 29.8 Å². The van der Waals surface area contributed by atoms with Crippen LogP contribution in [0, 0.1) is 5.92 Å². The van der Waals surface area contributed by atoms with Crippen molar-refractivity contribution in [3.63, 3.8) is 0 Å². The molecule has 1 fully saturated rings. The molecular formula is C16H20N8. The highest BCUT2D eigenvalue weighted by atomic mass is 15.4. The van der Waals surface area contributed by atoms with Crippen molar-refractivity contribution < 1.29 is 0 Å². The predicted molar refractivity (Wildman–Crippen MR) is 91.1 cm³/mol. The molecule has 0 atom stereocenters. The van der Waals surface area contributed by atoms with E-state index in [1.807, 2.05) is 24.4 Å². The smallest absolute Gasteiger partial charge is 0.177 e. The van der Waals surface area contributed by atoms with Crippen molar-refractivity contribution in [1.29, 1.82) is 0 Å². The summed E-state index contributed by atoms with van der Waals surface area (Å²) in [5, 5.41) is 15.8. The van der Waals surface area contributed by atoms with E-state index in [1.54, 1.807) is 10.8 Å². The van der Waals surface area contributed by atoms with Crippen molar-refractivity contribution >= 4 is 17.3 Å². The molecule has 8 heteroatoms. The highest BCUT2D eigenvalue weighted by Gasteiger charge is 2.28. The summed E-state index contributed by atoms with van der Waals surface area (Å²) in [6.45, 7) is 7.07. The molecule has 0 radical (unpaired) electrons. The molecule has 0 bridgehead atoms. The summed E-state index contributed by atoms with van der Waals surface area (Å²) in [5.74, 6) is 3.66. The van der Waals surface area contributed by atoms with Crippen molar-refractivity contribution in [2.24, 2.45) is 5.92 Å². The molecule has 1 aliphatic heterocycles. The van der Waals surface area contributed by atoms with Gasteiger partial charge in [0.15, 0.2) is 5.65 Å². The number of nitrogens with one attached hydrogen (secondary N) is 1. The fourth-order valence-corrected chi connectivity index (χ4v) is 2.77. The van der Waals surface area contributed by atoms with Gasteiger partial charge in [-0.05, 0) is 18.2 Å². The van der Waals surface area contributed by atoms with Crippen LogP contribution in [0.3, 0.4) is 0 Å². The number of aromatic nitrogens is 6. The Kier molecular flexibility index (Phi) is 3.72. The number of hydrogen-bond acceptors (Lipinski definition) is 7. The lowest BCUT2D eigenvalue weighted by molar-refractivity contribution is 0.424. The largest absolute Gasteiger partial charge is 0.370 e. The SMILES string of the molecule is CC(C)c1nccc(NCC2CN(c3ccc4nncn4n3)C2)n1. The second kappa shape index (κ2) is 6.03. The summed E-state index contributed by atoms with van der Waals surface area (Å²) >= 11 is 0. The number of hydrogen-bond donors (Lipinski definition) is 1. The molecule has 1 N–H and O–H groups in total. The van der Waals surface area contributed by atoms with E-state index in [2.05, 4.69) is 49.3 Å². The van der Waals surface area contributed by atoms with E-state index in [9.17, 15) is 0 Å². The number of anilines is 2. The lowest BCUT2D eigenvalue weighted by Gasteiger charge is -2.40. The van der Waals surface area contributed by atoms with Gasteiger partial charge in [-0.3, -0.25) is 0 Å². The summed E-state index contributed by atoms with van der Waals surface area (Å²) in [5.41, 5.74) is 0.766. The molecular weight excluding hydrogens is 304 g/mol. The lowest BCUT2D eigenvalue weighted by atomic mass is 10.0. The van der Waals surface area contributed by atoms with Crippen LogP contribution in [0.5, 0.6) is 0 Å². The predicted octanol–water partition coefficient (Wildman–Crippen LogP) is 1.59. The molecule has 4 rings (SSSR count). The van der Waals surface area contributed by atoms with Gasteiger partial charge in [-0.15, -0.1) is 15.3 Å². The first-order valence-electron chi connectivity index (χ1n) is 8.18. The summed E-state index contributed by atoms with van der Waals surface area (Å²) in [6.07, 6.45) is 3.44. The molecule has 24 heavy (non-hydrogen) atoms. The molecule has 0 spiro atoms. The quantitative estimate of drug-likeness (QED) is 0.763. The second-order valence-electron chi connectivity index (χ2n) is 6.43. The van der Waals surface area contributed by atoms with Gasteiger partial charge in [0.1, 0.15) is 23.8 Å². The van der Waals surface area contributed by atoms with Crippen LogP contribution in [0.1, 0.15) is 25.6 Å². The molecule has 0 aliphatic carbocycles. The van der Waals surface area contributed by atoms with E-state index in [-0.39, 0.29) is 0 Å². The van der Waals surface area contributed by atoms with Gasteiger partial charge in [0, 0.05) is 37.7 Å². The van der Waals surface area contributed by atoms with Gasteiger partial charge in [0.05, 0.1) is 0 Å². The van der Waals surface area contributed by atoms with Crippen molar-refractivity contribution in [3.05, 3.63) is 36.5 Å². The van der Waals surface area contributed by atoms with Gasteiger partial charge >= 0.3 is 0 Å². The van der Waals surface area contributed by atoms with E-state index in [1.165, 1.54) is 0 Å². The Morgan fingerprint density at radius 1 is 1.25 bits per heavy atom. The fraction of sp³-hybridized carbons (Fsp3) is 0.438. The van der Waals surface area contributed by atoms with E-state index in [0.717, 1.165) is 42.7 Å². The summed E-state index contributed by atoms with van der Waals surface area (Å²) in [4.78, 5) is 11.1. The van der Waals surface area contributed by atoms with Crippen LogP contribution < -0.4 is 10.2 Å². The van der Waals surface area contributed by atoms with E-state index >= 15 is 0 Å². The molecule has 1 aliphatic rings. The maximum absolute atomic E-state index is 4.54. The second-order valence-corrected chi connectivity index (χ2v) is 6.43. The van der Waals surface area contributed by atoms with Gasteiger partial charge in [-0.2, -0.15) is 4.52 Å². The summed E-state index contributed by atoms with van der Waals surface area (Å²) in [6, 6.07) is 5.85. The minimum absolute atomic E-state index is 0.338. The van der Waals surface area contributed by atoms with Crippen LogP contribution in [0.4, 0.5) is 11.6 Å². The monoisotopic (exact) mass is 324 g/mol. The van der Waals surface area contributed by atoms with E-state index in [0.29, 0.717) is 11.8 Å². The third-order valence-electron chi connectivity index (χ3n) is 4.19. The van der Waals surface area contributed by atoms with Crippen LogP contribution in [0.2, 0.25) is 0 Å². The lowest BCUT2D eigenvalue weighted by Crippen LogP contribution is -2.50. The average molecular weight is 324 g/mol. The molecule has 0 saturated carbocycles. The third kappa shape index (κ3) is 2.86. The van der Waals surface area contributed by atoms with Crippen LogP contribution in [-0.2, 0) is 0 Å². The highest BCUT2D eigenvalue weighted by Crippen LogP contribution is 2.23. The molecule has 0 unspecified atom stereocenters. The molecule has 0 aromatic carbocycles. The van der Waals surface area contributed by atoms with Gasteiger partial charge < -0.3 is 10.2 Å². The Labute approximate surface area is 140 Å². The minimum Gasteiger partial charge on any atom is -0.370 e. The first kappa shape index (κ1) is 14.8. The number of fused-ring (bicyclic) bond motifs is 1. The zero-order valence-corrected chi connectivity index (χ0v) is 13.8. The van der Waals surface area contributed by atoms with E-state index < -0.39 is 0 Å². The van der Waals surface area contributed by atoms with Crippen LogP contribution in [-0.4, -0.2) is 49.4 Å². The van der Waals surface area contributed by atoms with E-state index in [4.69, 9.17) is 0 Å². The molecule has 8 nitrogen and oxygen atoms in total. The fourth-order valence-electron chi connectivity index (χ4n) is 2.77. The Bertz CT molecular complexity index is 837. The molecule has 4 heterocycles. The first-order chi connectivity index (χ1) is 11.7. The van der Waals surface area contributed by atoms with Crippen molar-refractivity contribution in [3.8, 4) is 0 Å². The maximum atomic E-state index is 4.54. The third-order valence-corrected chi connectivity index (χ3v) is 4.19. The van der Waals surface area contributed by atoms with Crippen molar-refractivity contribution in [2.75, 3.05) is 29.9 Å². The summed E-state index contributed by atoms with van der Waals surface area (Å²) in [7, 11) is 0. The number of nitrogens with zero attached hydrogens (tertiary/aromatic N) is 7. The van der Waals surface area contributed by atoms with Crippen LogP contribution in [0.25, 0.3) is 5.65 Å². The molecule has 0 amide bonds. The normalized spacial score (nSPS) is 15.0. The average Bonchev–Trinajstić information content (AvgIpc) is 3.01. The molecule has 3 aromatic heterocycles. The van der Waals surface area contributed by atoms with Gasteiger partial charge in [0.2, 0.25) is 0 Å². The first-order valence-corrected chi connectivity index (χ1v) is 8.18. The molecule has 1 saturated heterocycles. The van der Waals surface area contributed by atoms with Gasteiger partial charge in [-0.1, -0.05) is 13.8 Å². The molecule has 124 valence electrons. The van der Waals surface area contributed by atoms with Crippen LogP contribution in [0.15, 0.2) is 30.7 Å². The number of rotatable bonds is 5. The Morgan fingerprint density at radius 2 is 2.12 bits per heavy atom. The zero-order chi connectivity index (χ0) is 16.5. The standard InChI is InChI=1S/C16H20N8/c1-11(2)16-17-6-5-13(20-16)18-7-12-8-23(9-12)15-4-3-14-21-19-10-24(14)22-15/h3-6,10-12H,7-9H2,1-2H3,(H,17,18,20). The Balaban J connectivity index is 1.32. The van der Waals surface area contributed by atoms with Crippen LogP contribution >= 0.6 is 0 Å². The topological polar surface area (TPSA) is 84.1 Å². The zero-order valence-electron chi connectivity index (χ0n) is 13.8. The Hall–Kier alpha value is -2.77. The van der Waals surface area contributed by atoms with Gasteiger partial charge in [-0.25, -0.2) is 9.97 Å². The highest BCUT2D eigenvalue weighted by molar-refractivity contribution is 5.47. The van der Waals surface area contributed by atoms with Crippen molar-refractivity contribution in [2.45, 2.75) is 19.8 Å². The minimum atomic E-state index is 0.338. The maximum Gasteiger partial charge on any atom is 0.177 e. The van der Waals surface area contributed by atoms with Gasteiger partial charge in [0.25, 0.3) is 0 Å². The Morgan fingerprint density at radius 3 is 2.96 bits per heavy atom. The molecule has 3 aromatic rings.